The lowest BCUT2D eigenvalue weighted by Crippen LogP contribution is -2.19. The summed E-state index contributed by atoms with van der Waals surface area (Å²) in [6.07, 6.45) is -4.02. The van der Waals surface area contributed by atoms with Crippen LogP contribution in [0.15, 0.2) is 6.20 Å². The molecule has 0 saturated heterocycles. The summed E-state index contributed by atoms with van der Waals surface area (Å²) < 4.78 is 45.1. The van der Waals surface area contributed by atoms with E-state index in [0.29, 0.717) is 0 Å². The molecule has 0 N–H and O–H groups in total. The summed E-state index contributed by atoms with van der Waals surface area (Å²) in [4.78, 5) is 15.2. The van der Waals surface area contributed by atoms with E-state index < -0.39 is 18.1 Å². The van der Waals surface area contributed by atoms with E-state index in [1.165, 1.54) is 0 Å². The number of hydrogen-bond acceptors (Lipinski definition) is 4. The lowest BCUT2D eigenvalue weighted by molar-refractivity contribution is -0.275. The van der Waals surface area contributed by atoms with E-state index in [0.717, 1.165) is 6.20 Å². The van der Waals surface area contributed by atoms with Crippen LogP contribution in [0.5, 0.6) is 5.75 Å². The van der Waals surface area contributed by atoms with E-state index in [1.807, 2.05) is 0 Å². The highest BCUT2D eigenvalue weighted by Crippen LogP contribution is 2.31. The summed E-state index contributed by atoms with van der Waals surface area (Å²) in [5, 5.41) is 0. The smallest absolute Gasteiger partial charge is 0.461 e. The van der Waals surface area contributed by atoms with E-state index in [2.05, 4.69) is 9.72 Å². The topological polar surface area (TPSA) is 48.4 Å². The number of alkyl halides is 4. The van der Waals surface area contributed by atoms with E-state index in [9.17, 15) is 18.0 Å². The molecule has 0 amide bonds. The Morgan fingerprint density at radius 1 is 1.53 bits per heavy atom. The van der Waals surface area contributed by atoms with E-state index in [1.54, 1.807) is 29.5 Å². The first-order valence-electron chi connectivity index (χ1n) is 4.96. The van der Waals surface area contributed by atoms with Crippen molar-refractivity contribution in [3.63, 3.8) is 0 Å². The van der Waals surface area contributed by atoms with Crippen LogP contribution in [0.3, 0.4) is 0 Å². The second-order valence-corrected chi connectivity index (χ2v) is 4.51. The standard InChI is InChI=1S/C10H8ClF3INO3/c1-2-18-9(17)8-5(3-11)7(15)6(4-16-8)19-10(12,13)14/h4H,2-3H2,1H3. The number of carbonyl (C=O) groups excluding carboxylic acids is 1. The van der Waals surface area contributed by atoms with Gasteiger partial charge in [0.2, 0.25) is 0 Å². The second-order valence-electron chi connectivity index (χ2n) is 3.17. The highest BCUT2D eigenvalue weighted by atomic mass is 127. The number of rotatable bonds is 4. The third-order valence-corrected chi connectivity index (χ3v) is 3.36. The minimum Gasteiger partial charge on any atom is -0.461 e. The maximum absolute atomic E-state index is 12.2. The van der Waals surface area contributed by atoms with Crippen LogP contribution in [-0.2, 0) is 10.6 Å². The Balaban J connectivity index is 3.19. The fraction of sp³-hybridized carbons (Fsp3) is 0.400. The Labute approximate surface area is 125 Å². The molecule has 0 aliphatic heterocycles. The van der Waals surface area contributed by atoms with Gasteiger partial charge in [0.05, 0.1) is 22.3 Å². The summed E-state index contributed by atoms with van der Waals surface area (Å²) >= 11 is 7.25. The van der Waals surface area contributed by atoms with E-state index in [4.69, 9.17) is 16.3 Å². The van der Waals surface area contributed by atoms with Crippen molar-refractivity contribution in [2.75, 3.05) is 6.61 Å². The molecule has 9 heteroatoms. The van der Waals surface area contributed by atoms with Gasteiger partial charge >= 0.3 is 12.3 Å². The van der Waals surface area contributed by atoms with Crippen LogP contribution >= 0.6 is 34.2 Å². The minimum absolute atomic E-state index is 0.0722. The SMILES string of the molecule is CCOC(=O)c1ncc(OC(F)(F)F)c(I)c1CCl. The molecule has 0 fully saturated rings. The molecule has 0 aliphatic carbocycles. The van der Waals surface area contributed by atoms with Gasteiger partial charge in [-0.25, -0.2) is 9.78 Å². The van der Waals surface area contributed by atoms with Crippen LogP contribution in [0, 0.1) is 3.57 Å². The molecule has 0 bridgehead atoms. The van der Waals surface area contributed by atoms with Crippen molar-refractivity contribution in [3.8, 4) is 5.75 Å². The predicted octanol–water partition coefficient (Wildman–Crippen LogP) is 3.50. The predicted molar refractivity (Wildman–Crippen MR) is 69.2 cm³/mol. The zero-order valence-electron chi connectivity index (χ0n) is 9.55. The molecular weight excluding hydrogens is 401 g/mol. The van der Waals surface area contributed by atoms with Crippen molar-refractivity contribution in [1.82, 2.24) is 4.98 Å². The zero-order chi connectivity index (χ0) is 14.6. The van der Waals surface area contributed by atoms with Crippen molar-refractivity contribution in [1.29, 1.82) is 0 Å². The van der Waals surface area contributed by atoms with Crippen molar-refractivity contribution in [2.45, 2.75) is 19.2 Å². The molecule has 106 valence electrons. The number of esters is 1. The minimum atomic E-state index is -4.84. The Morgan fingerprint density at radius 3 is 2.63 bits per heavy atom. The third-order valence-electron chi connectivity index (χ3n) is 1.91. The summed E-state index contributed by atoms with van der Waals surface area (Å²) in [6.45, 7) is 1.73. The maximum Gasteiger partial charge on any atom is 0.573 e. The normalized spacial score (nSPS) is 11.3. The molecule has 1 heterocycles. The first kappa shape index (κ1) is 16.3. The van der Waals surface area contributed by atoms with Gasteiger partial charge in [-0.3, -0.25) is 0 Å². The first-order valence-corrected chi connectivity index (χ1v) is 6.57. The van der Waals surface area contributed by atoms with Gasteiger partial charge < -0.3 is 9.47 Å². The average Bonchev–Trinajstić information content (AvgIpc) is 2.30. The van der Waals surface area contributed by atoms with E-state index in [-0.39, 0.29) is 27.3 Å². The molecular formula is C10H8ClF3INO3. The lowest BCUT2D eigenvalue weighted by atomic mass is 10.2. The molecule has 0 aliphatic rings. The maximum atomic E-state index is 12.2. The van der Waals surface area contributed by atoms with Gasteiger partial charge in [0.1, 0.15) is 0 Å². The van der Waals surface area contributed by atoms with Crippen molar-refractivity contribution >= 4 is 40.2 Å². The Hall–Kier alpha value is -0.770. The van der Waals surface area contributed by atoms with Gasteiger partial charge in [0.25, 0.3) is 0 Å². The van der Waals surface area contributed by atoms with Gasteiger partial charge in [-0.15, -0.1) is 24.8 Å². The highest BCUT2D eigenvalue weighted by molar-refractivity contribution is 14.1. The van der Waals surface area contributed by atoms with Crippen LogP contribution in [0.25, 0.3) is 0 Å². The number of pyridine rings is 1. The van der Waals surface area contributed by atoms with Crippen molar-refractivity contribution < 1.29 is 27.4 Å². The van der Waals surface area contributed by atoms with E-state index >= 15 is 0 Å². The van der Waals surface area contributed by atoms with Gasteiger partial charge in [0.15, 0.2) is 11.4 Å². The molecule has 4 nitrogen and oxygen atoms in total. The second kappa shape index (κ2) is 6.60. The zero-order valence-corrected chi connectivity index (χ0v) is 12.5. The van der Waals surface area contributed by atoms with Gasteiger partial charge in [-0.05, 0) is 29.5 Å². The molecule has 1 aromatic heterocycles. The molecule has 0 saturated carbocycles. The molecule has 1 aromatic rings. The summed E-state index contributed by atoms with van der Waals surface area (Å²) in [6, 6.07) is 0. The Bertz CT molecular complexity index is 482. The number of ether oxygens (including phenoxy) is 2. The largest absolute Gasteiger partial charge is 0.573 e. The molecule has 0 atom stereocenters. The fourth-order valence-electron chi connectivity index (χ4n) is 1.20. The molecule has 0 spiro atoms. The monoisotopic (exact) mass is 409 g/mol. The molecule has 0 aromatic carbocycles. The van der Waals surface area contributed by atoms with Crippen LogP contribution in [-0.4, -0.2) is 23.9 Å². The molecule has 0 radical (unpaired) electrons. The van der Waals surface area contributed by atoms with Crippen LogP contribution in [0.2, 0.25) is 0 Å². The molecule has 19 heavy (non-hydrogen) atoms. The highest BCUT2D eigenvalue weighted by Gasteiger charge is 2.33. The Morgan fingerprint density at radius 2 is 2.16 bits per heavy atom. The fourth-order valence-corrected chi connectivity index (χ4v) is 2.38. The number of halogens is 5. The van der Waals surface area contributed by atoms with Crippen LogP contribution in [0.4, 0.5) is 13.2 Å². The summed E-state index contributed by atoms with van der Waals surface area (Å²) in [7, 11) is 0. The Kier molecular flexibility index (Phi) is 5.65. The third kappa shape index (κ3) is 4.37. The van der Waals surface area contributed by atoms with Gasteiger partial charge in [0, 0.05) is 5.56 Å². The number of hydrogen-bond donors (Lipinski definition) is 0. The number of aromatic nitrogens is 1. The van der Waals surface area contributed by atoms with Gasteiger partial charge in [-0.1, -0.05) is 0 Å². The summed E-state index contributed by atoms with van der Waals surface area (Å²) in [5.74, 6) is -1.43. The number of nitrogens with zero attached hydrogens (tertiary/aromatic N) is 1. The first-order chi connectivity index (χ1) is 8.80. The number of carbonyl (C=O) groups is 1. The average molecular weight is 410 g/mol. The summed E-state index contributed by atoms with van der Waals surface area (Å²) in [5.41, 5.74) is 0.0261. The molecule has 1 rings (SSSR count). The van der Waals surface area contributed by atoms with Gasteiger partial charge in [-0.2, -0.15) is 0 Å². The van der Waals surface area contributed by atoms with Crippen LogP contribution in [0.1, 0.15) is 23.0 Å². The van der Waals surface area contributed by atoms with Crippen LogP contribution < -0.4 is 4.74 Å². The lowest BCUT2D eigenvalue weighted by Gasteiger charge is -2.14. The molecule has 0 unspecified atom stereocenters. The van der Waals surface area contributed by atoms with Crippen molar-refractivity contribution in [3.05, 3.63) is 21.0 Å². The quantitative estimate of drug-likeness (QED) is 0.434. The van der Waals surface area contributed by atoms with Crippen molar-refractivity contribution in [2.24, 2.45) is 0 Å².